The predicted octanol–water partition coefficient (Wildman–Crippen LogP) is 2.63. The Balaban J connectivity index is 1.97. The molecule has 1 N–H and O–H groups in total. The van der Waals surface area contributed by atoms with Crippen molar-refractivity contribution in [2.45, 2.75) is 26.0 Å². The monoisotopic (exact) mass is 289 g/mol. The molecule has 0 aromatic heterocycles. The molecule has 1 unspecified atom stereocenters. The summed E-state index contributed by atoms with van der Waals surface area (Å²) in [7, 11) is 0. The number of hydrogen-bond donors (Lipinski definition) is 1. The highest BCUT2D eigenvalue weighted by Crippen LogP contribution is 2.23. The minimum absolute atomic E-state index is 0.159. The predicted molar refractivity (Wildman–Crippen MR) is 68.1 cm³/mol. The van der Waals surface area contributed by atoms with Crippen LogP contribution in [0, 0.1) is 11.7 Å². The molecular formula is C14H18F3NO2. The number of hydrogen-bond acceptors (Lipinski definition) is 3. The van der Waals surface area contributed by atoms with Gasteiger partial charge in [-0.1, -0.05) is 6.07 Å². The van der Waals surface area contributed by atoms with Crippen LogP contribution in [0.5, 0.6) is 5.75 Å². The van der Waals surface area contributed by atoms with Crippen molar-refractivity contribution in [2.75, 3.05) is 19.7 Å². The second-order valence-electron chi connectivity index (χ2n) is 5.07. The number of benzene rings is 1. The number of alkyl halides is 2. The fourth-order valence-corrected chi connectivity index (χ4v) is 2.54. The van der Waals surface area contributed by atoms with Gasteiger partial charge in [-0.05, 0) is 43.0 Å². The van der Waals surface area contributed by atoms with E-state index in [0.29, 0.717) is 12.1 Å². The van der Waals surface area contributed by atoms with Gasteiger partial charge in [0.25, 0.3) is 0 Å². The van der Waals surface area contributed by atoms with Crippen LogP contribution in [0.15, 0.2) is 18.2 Å². The fourth-order valence-electron chi connectivity index (χ4n) is 2.54. The maximum absolute atomic E-state index is 13.6. The quantitative estimate of drug-likeness (QED) is 0.904. The molecule has 1 fully saturated rings. The van der Waals surface area contributed by atoms with Gasteiger partial charge in [-0.25, -0.2) is 4.39 Å². The molecular weight excluding hydrogens is 271 g/mol. The van der Waals surface area contributed by atoms with E-state index in [4.69, 9.17) is 5.11 Å². The summed E-state index contributed by atoms with van der Waals surface area (Å²) in [6.07, 6.45) is 2.00. The number of halogens is 3. The Labute approximate surface area is 116 Å². The van der Waals surface area contributed by atoms with Crippen LogP contribution in [0.4, 0.5) is 13.2 Å². The van der Waals surface area contributed by atoms with E-state index in [-0.39, 0.29) is 12.5 Å². The lowest BCUT2D eigenvalue weighted by Gasteiger charge is -2.31. The first-order chi connectivity index (χ1) is 9.58. The number of aliphatic hydroxyl groups is 1. The molecule has 1 aliphatic heterocycles. The van der Waals surface area contributed by atoms with Crippen molar-refractivity contribution in [3.63, 3.8) is 0 Å². The Morgan fingerprint density at radius 2 is 2.20 bits per heavy atom. The van der Waals surface area contributed by atoms with Crippen molar-refractivity contribution in [2.24, 2.45) is 5.92 Å². The highest BCUT2D eigenvalue weighted by Gasteiger charge is 2.19. The topological polar surface area (TPSA) is 32.7 Å². The average molecular weight is 289 g/mol. The molecule has 1 aliphatic rings. The van der Waals surface area contributed by atoms with Gasteiger partial charge in [0.1, 0.15) is 0 Å². The van der Waals surface area contributed by atoms with Gasteiger partial charge >= 0.3 is 6.61 Å². The van der Waals surface area contributed by atoms with E-state index < -0.39 is 18.2 Å². The van der Waals surface area contributed by atoms with Crippen molar-refractivity contribution >= 4 is 0 Å². The van der Waals surface area contributed by atoms with Gasteiger partial charge in [0.15, 0.2) is 11.6 Å². The number of aliphatic hydroxyl groups excluding tert-OH is 1. The van der Waals surface area contributed by atoms with Gasteiger partial charge in [-0.15, -0.1) is 0 Å². The summed E-state index contributed by atoms with van der Waals surface area (Å²) in [5.41, 5.74) is 0.711. The van der Waals surface area contributed by atoms with Crippen molar-refractivity contribution in [1.82, 2.24) is 4.90 Å². The van der Waals surface area contributed by atoms with Crippen LogP contribution in [-0.4, -0.2) is 36.3 Å². The molecule has 112 valence electrons. The average Bonchev–Trinajstić information content (AvgIpc) is 2.42. The third-order valence-electron chi connectivity index (χ3n) is 3.48. The normalized spacial score (nSPS) is 20.4. The van der Waals surface area contributed by atoms with Crippen LogP contribution < -0.4 is 4.74 Å². The first-order valence-corrected chi connectivity index (χ1v) is 6.65. The van der Waals surface area contributed by atoms with E-state index in [9.17, 15) is 13.2 Å². The maximum Gasteiger partial charge on any atom is 0.387 e. The number of ether oxygens (including phenoxy) is 1. The smallest absolute Gasteiger partial charge is 0.387 e. The van der Waals surface area contributed by atoms with Crippen molar-refractivity contribution < 1.29 is 23.0 Å². The van der Waals surface area contributed by atoms with Gasteiger partial charge in [-0.3, -0.25) is 4.90 Å². The highest BCUT2D eigenvalue weighted by atomic mass is 19.3. The lowest BCUT2D eigenvalue weighted by atomic mass is 9.98. The number of likely N-dealkylation sites (tertiary alicyclic amines) is 1. The lowest BCUT2D eigenvalue weighted by molar-refractivity contribution is -0.0522. The largest absolute Gasteiger partial charge is 0.432 e. The first kappa shape index (κ1) is 15.1. The molecule has 0 spiro atoms. The van der Waals surface area contributed by atoms with Crippen LogP contribution in [0.25, 0.3) is 0 Å². The van der Waals surface area contributed by atoms with E-state index in [2.05, 4.69) is 9.64 Å². The van der Waals surface area contributed by atoms with Gasteiger partial charge in [0.05, 0.1) is 0 Å². The minimum Gasteiger partial charge on any atom is -0.432 e. The summed E-state index contributed by atoms with van der Waals surface area (Å²) in [5, 5.41) is 9.17. The number of rotatable bonds is 5. The van der Waals surface area contributed by atoms with Crippen molar-refractivity contribution in [3.8, 4) is 5.75 Å². The van der Waals surface area contributed by atoms with Gasteiger partial charge in [0.2, 0.25) is 0 Å². The summed E-state index contributed by atoms with van der Waals surface area (Å²) >= 11 is 0. The second-order valence-corrected chi connectivity index (χ2v) is 5.07. The highest BCUT2D eigenvalue weighted by molar-refractivity contribution is 5.29. The third kappa shape index (κ3) is 4.11. The zero-order valence-corrected chi connectivity index (χ0v) is 11.1. The number of nitrogens with zero attached hydrogens (tertiary/aromatic N) is 1. The molecule has 2 rings (SSSR count). The Morgan fingerprint density at radius 1 is 1.40 bits per heavy atom. The Kier molecular flexibility index (Phi) is 5.25. The maximum atomic E-state index is 13.6. The van der Waals surface area contributed by atoms with E-state index in [1.54, 1.807) is 6.07 Å². The van der Waals surface area contributed by atoms with Gasteiger partial charge in [-0.2, -0.15) is 8.78 Å². The van der Waals surface area contributed by atoms with Crippen LogP contribution in [0.3, 0.4) is 0 Å². The zero-order chi connectivity index (χ0) is 14.5. The van der Waals surface area contributed by atoms with E-state index in [0.717, 1.165) is 25.9 Å². The molecule has 20 heavy (non-hydrogen) atoms. The molecule has 0 saturated carbocycles. The lowest BCUT2D eigenvalue weighted by Crippen LogP contribution is -2.36. The number of piperidine rings is 1. The summed E-state index contributed by atoms with van der Waals surface area (Å²) < 4.78 is 41.7. The summed E-state index contributed by atoms with van der Waals surface area (Å²) in [6.45, 7) is -0.655. The van der Waals surface area contributed by atoms with E-state index in [1.807, 2.05) is 0 Å². The molecule has 0 amide bonds. The molecule has 0 aliphatic carbocycles. The molecule has 0 radical (unpaired) electrons. The van der Waals surface area contributed by atoms with Crippen LogP contribution in [0.2, 0.25) is 0 Å². The summed E-state index contributed by atoms with van der Waals surface area (Å²) in [4.78, 5) is 2.13. The third-order valence-corrected chi connectivity index (χ3v) is 3.48. The molecule has 0 bridgehead atoms. The Morgan fingerprint density at radius 3 is 2.85 bits per heavy atom. The molecule has 1 heterocycles. The summed E-state index contributed by atoms with van der Waals surface area (Å²) in [5.74, 6) is -0.954. The SMILES string of the molecule is OCC1CCCN(Cc2ccc(OC(F)F)c(F)c2)C1. The van der Waals surface area contributed by atoms with Crippen LogP contribution in [-0.2, 0) is 6.54 Å². The van der Waals surface area contributed by atoms with Crippen molar-refractivity contribution in [3.05, 3.63) is 29.6 Å². The van der Waals surface area contributed by atoms with E-state index in [1.165, 1.54) is 12.1 Å². The summed E-state index contributed by atoms with van der Waals surface area (Å²) in [6, 6.07) is 4.04. The molecule has 1 aromatic carbocycles. The first-order valence-electron chi connectivity index (χ1n) is 6.65. The molecule has 6 heteroatoms. The molecule has 3 nitrogen and oxygen atoms in total. The van der Waals surface area contributed by atoms with Crippen LogP contribution >= 0.6 is 0 Å². The second kappa shape index (κ2) is 6.95. The van der Waals surface area contributed by atoms with Crippen molar-refractivity contribution in [1.29, 1.82) is 0 Å². The molecule has 1 aromatic rings. The molecule has 1 atom stereocenters. The standard InChI is InChI=1S/C14H18F3NO2/c15-12-6-10(3-4-13(12)20-14(16)17)7-18-5-1-2-11(8-18)9-19/h3-4,6,11,14,19H,1-2,5,7-9H2. The fraction of sp³-hybridized carbons (Fsp3) is 0.571. The van der Waals surface area contributed by atoms with Gasteiger partial charge < -0.3 is 9.84 Å². The Hall–Kier alpha value is -1.27. The zero-order valence-electron chi connectivity index (χ0n) is 11.1. The van der Waals surface area contributed by atoms with Crippen LogP contribution in [0.1, 0.15) is 18.4 Å². The Bertz CT molecular complexity index is 442. The minimum atomic E-state index is -3.03. The van der Waals surface area contributed by atoms with Gasteiger partial charge in [0, 0.05) is 19.7 Å². The molecule has 1 saturated heterocycles. The van der Waals surface area contributed by atoms with E-state index >= 15 is 0 Å².